The lowest BCUT2D eigenvalue weighted by Crippen LogP contribution is -2.25. The van der Waals surface area contributed by atoms with Crippen molar-refractivity contribution in [2.24, 2.45) is 0 Å². The highest BCUT2D eigenvalue weighted by atomic mass is 16.5. The van der Waals surface area contributed by atoms with Gasteiger partial charge in [0.15, 0.2) is 0 Å². The first kappa shape index (κ1) is 15.6. The molecule has 0 spiro atoms. The molecule has 0 fully saturated rings. The van der Waals surface area contributed by atoms with Gasteiger partial charge in [-0.15, -0.1) is 0 Å². The summed E-state index contributed by atoms with van der Waals surface area (Å²) in [5, 5.41) is 9.80. The summed E-state index contributed by atoms with van der Waals surface area (Å²) in [5.41, 5.74) is 0.667. The van der Waals surface area contributed by atoms with Crippen molar-refractivity contribution < 1.29 is 4.74 Å². The molecular weight excluding hydrogens is 234 g/mol. The minimum absolute atomic E-state index is 0.390. The second-order valence-electron chi connectivity index (χ2n) is 5.10. The van der Waals surface area contributed by atoms with Crippen LogP contribution in [0.25, 0.3) is 0 Å². The molecule has 0 unspecified atom stereocenters. The number of methoxy groups -OCH3 is 1. The van der Waals surface area contributed by atoms with Crippen LogP contribution in [0.5, 0.6) is 5.75 Å². The molecule has 0 atom stereocenters. The van der Waals surface area contributed by atoms with E-state index in [1.165, 1.54) is 0 Å². The van der Waals surface area contributed by atoms with Crippen molar-refractivity contribution in [2.45, 2.75) is 57.8 Å². The Morgan fingerprint density at radius 2 is 1.68 bits per heavy atom. The summed E-state index contributed by atoms with van der Waals surface area (Å²) in [7, 11) is 1.68. The van der Waals surface area contributed by atoms with Gasteiger partial charge in [0, 0.05) is 5.56 Å². The van der Waals surface area contributed by atoms with Crippen molar-refractivity contribution in [3.8, 4) is 11.8 Å². The van der Waals surface area contributed by atoms with E-state index in [-0.39, 0.29) is 0 Å². The molecule has 0 aromatic heterocycles. The Morgan fingerprint density at radius 1 is 1.11 bits per heavy atom. The largest absolute Gasteiger partial charge is 0.496 e. The van der Waals surface area contributed by atoms with E-state index in [2.05, 4.69) is 19.9 Å². The monoisotopic (exact) mass is 259 g/mol. The highest BCUT2D eigenvalue weighted by Crippen LogP contribution is 2.39. The van der Waals surface area contributed by atoms with Crippen LogP contribution in [-0.2, 0) is 5.41 Å². The lowest BCUT2D eigenvalue weighted by molar-refractivity contribution is 0.375. The van der Waals surface area contributed by atoms with Crippen LogP contribution in [-0.4, -0.2) is 7.11 Å². The van der Waals surface area contributed by atoms with Gasteiger partial charge in [-0.1, -0.05) is 57.7 Å². The molecule has 0 saturated heterocycles. The number of hydrogen-bond acceptors (Lipinski definition) is 2. The average Bonchev–Trinajstić information content (AvgIpc) is 2.48. The molecule has 0 aliphatic rings. The van der Waals surface area contributed by atoms with E-state index in [4.69, 9.17) is 4.74 Å². The van der Waals surface area contributed by atoms with E-state index in [0.29, 0.717) is 0 Å². The van der Waals surface area contributed by atoms with Crippen LogP contribution >= 0.6 is 0 Å². The molecule has 0 bridgehead atoms. The molecule has 0 saturated carbocycles. The summed E-state index contributed by atoms with van der Waals surface area (Å²) in [6.45, 7) is 4.34. The summed E-state index contributed by atoms with van der Waals surface area (Å²) in [6.07, 6.45) is 6.22. The summed E-state index contributed by atoms with van der Waals surface area (Å²) in [6, 6.07) is 10.6. The van der Waals surface area contributed by atoms with Gasteiger partial charge in [0.25, 0.3) is 0 Å². The number of hydrogen-bond donors (Lipinski definition) is 0. The van der Waals surface area contributed by atoms with E-state index in [0.717, 1.165) is 49.8 Å². The van der Waals surface area contributed by atoms with E-state index in [1.54, 1.807) is 7.11 Å². The summed E-state index contributed by atoms with van der Waals surface area (Å²) in [4.78, 5) is 0. The molecule has 0 heterocycles. The summed E-state index contributed by atoms with van der Waals surface area (Å²) < 4.78 is 5.46. The molecule has 104 valence electrons. The molecule has 1 rings (SSSR count). The van der Waals surface area contributed by atoms with Crippen molar-refractivity contribution in [1.29, 1.82) is 5.26 Å². The minimum Gasteiger partial charge on any atom is -0.496 e. The standard InChI is InChI=1S/C17H25NO/c1-4-6-12-17(14-18,13-7-5-2)15-10-8-9-11-16(15)19-3/h8-11H,4-7,12-13H2,1-3H3. The molecule has 2 nitrogen and oxygen atoms in total. The maximum Gasteiger partial charge on any atom is 0.123 e. The molecule has 0 N–H and O–H groups in total. The molecule has 0 aliphatic carbocycles. The van der Waals surface area contributed by atoms with E-state index in [1.807, 2.05) is 24.3 Å². The minimum atomic E-state index is -0.390. The van der Waals surface area contributed by atoms with Crippen molar-refractivity contribution in [3.63, 3.8) is 0 Å². The highest BCUT2D eigenvalue weighted by molar-refractivity contribution is 5.43. The Hall–Kier alpha value is -1.49. The Morgan fingerprint density at radius 3 is 2.16 bits per heavy atom. The van der Waals surface area contributed by atoms with Gasteiger partial charge in [-0.05, 0) is 18.9 Å². The number of rotatable bonds is 8. The van der Waals surface area contributed by atoms with Gasteiger partial charge in [-0.2, -0.15) is 5.26 Å². The SMILES string of the molecule is CCCCC(C#N)(CCCC)c1ccccc1OC. The molecule has 1 aromatic carbocycles. The van der Waals surface area contributed by atoms with Gasteiger partial charge in [0.1, 0.15) is 5.75 Å². The van der Waals surface area contributed by atoms with Crippen molar-refractivity contribution in [3.05, 3.63) is 29.8 Å². The van der Waals surface area contributed by atoms with Crippen molar-refractivity contribution in [2.75, 3.05) is 7.11 Å². The molecular formula is C17H25NO. The van der Waals surface area contributed by atoms with Gasteiger partial charge in [-0.3, -0.25) is 0 Å². The van der Waals surface area contributed by atoms with Crippen molar-refractivity contribution >= 4 is 0 Å². The van der Waals surface area contributed by atoms with E-state index >= 15 is 0 Å². The maximum atomic E-state index is 9.80. The lowest BCUT2D eigenvalue weighted by Gasteiger charge is -2.28. The lowest BCUT2D eigenvalue weighted by atomic mass is 9.73. The third-order valence-corrected chi connectivity index (χ3v) is 3.75. The van der Waals surface area contributed by atoms with Gasteiger partial charge >= 0.3 is 0 Å². The van der Waals surface area contributed by atoms with E-state index < -0.39 is 5.41 Å². The van der Waals surface area contributed by atoms with Crippen LogP contribution < -0.4 is 4.74 Å². The average molecular weight is 259 g/mol. The Bertz CT molecular complexity index is 412. The topological polar surface area (TPSA) is 33.0 Å². The van der Waals surface area contributed by atoms with Crippen LogP contribution in [0, 0.1) is 11.3 Å². The number of nitriles is 1. The molecule has 19 heavy (non-hydrogen) atoms. The van der Waals surface area contributed by atoms with Crippen LogP contribution in [0.4, 0.5) is 0 Å². The second-order valence-corrected chi connectivity index (χ2v) is 5.10. The third-order valence-electron chi connectivity index (χ3n) is 3.75. The van der Waals surface area contributed by atoms with Crippen LogP contribution in [0.15, 0.2) is 24.3 Å². The first-order valence-corrected chi connectivity index (χ1v) is 7.28. The smallest absolute Gasteiger partial charge is 0.123 e. The first-order chi connectivity index (χ1) is 9.24. The number of nitrogens with zero attached hydrogens (tertiary/aromatic N) is 1. The first-order valence-electron chi connectivity index (χ1n) is 7.28. The van der Waals surface area contributed by atoms with Crippen LogP contribution in [0.3, 0.4) is 0 Å². The third kappa shape index (κ3) is 3.73. The van der Waals surface area contributed by atoms with Gasteiger partial charge in [0.05, 0.1) is 18.6 Å². The summed E-state index contributed by atoms with van der Waals surface area (Å²) in [5.74, 6) is 0.844. The Kier molecular flexibility index (Phi) is 6.42. The fraction of sp³-hybridized carbons (Fsp3) is 0.588. The molecule has 0 amide bonds. The maximum absolute atomic E-state index is 9.80. The summed E-state index contributed by atoms with van der Waals surface area (Å²) >= 11 is 0. The number of unbranched alkanes of at least 4 members (excludes halogenated alkanes) is 2. The predicted molar refractivity (Wildman–Crippen MR) is 79.3 cm³/mol. The number of ether oxygens (including phenoxy) is 1. The molecule has 1 aromatic rings. The van der Waals surface area contributed by atoms with Crippen LogP contribution in [0.1, 0.15) is 57.9 Å². The molecule has 0 aliphatic heterocycles. The number of benzene rings is 1. The fourth-order valence-electron chi connectivity index (χ4n) is 2.56. The highest BCUT2D eigenvalue weighted by Gasteiger charge is 2.33. The Balaban J connectivity index is 3.16. The Labute approximate surface area is 117 Å². The molecule has 2 heteroatoms. The van der Waals surface area contributed by atoms with Gasteiger partial charge in [-0.25, -0.2) is 0 Å². The van der Waals surface area contributed by atoms with Gasteiger partial charge in [0.2, 0.25) is 0 Å². The fourth-order valence-corrected chi connectivity index (χ4v) is 2.56. The zero-order valence-electron chi connectivity index (χ0n) is 12.4. The zero-order valence-corrected chi connectivity index (χ0v) is 12.4. The second kappa shape index (κ2) is 7.84. The number of para-hydroxylation sites is 1. The molecule has 0 radical (unpaired) electrons. The predicted octanol–water partition coefficient (Wildman–Crippen LogP) is 4.84. The van der Waals surface area contributed by atoms with E-state index in [9.17, 15) is 5.26 Å². The van der Waals surface area contributed by atoms with Crippen LogP contribution in [0.2, 0.25) is 0 Å². The van der Waals surface area contributed by atoms with Gasteiger partial charge < -0.3 is 4.74 Å². The quantitative estimate of drug-likeness (QED) is 0.669. The zero-order chi connectivity index (χ0) is 14.1. The normalized spacial score (nSPS) is 11.1. The van der Waals surface area contributed by atoms with Crippen molar-refractivity contribution in [1.82, 2.24) is 0 Å².